The molecule has 2 N–H and O–H groups in total. The Labute approximate surface area is 200 Å². The van der Waals surface area contributed by atoms with E-state index in [4.69, 9.17) is 4.74 Å². The Morgan fingerprint density at radius 2 is 1.97 bits per heavy atom. The Bertz CT molecular complexity index is 806. The van der Waals surface area contributed by atoms with E-state index in [1.165, 1.54) is 11.6 Å². The molecular formula is C23H31FIN3OS. The van der Waals surface area contributed by atoms with Crippen molar-refractivity contribution >= 4 is 41.7 Å². The molecule has 30 heavy (non-hydrogen) atoms. The van der Waals surface area contributed by atoms with Crippen LogP contribution in [0.15, 0.2) is 53.5 Å². The molecule has 2 atom stereocenters. The quantitative estimate of drug-likeness (QED) is 0.289. The summed E-state index contributed by atoms with van der Waals surface area (Å²) in [6.45, 7) is 2.21. The third kappa shape index (κ3) is 7.13. The van der Waals surface area contributed by atoms with Gasteiger partial charge in [-0.25, -0.2) is 4.39 Å². The lowest BCUT2D eigenvalue weighted by Gasteiger charge is -2.32. The zero-order valence-electron chi connectivity index (χ0n) is 17.6. The summed E-state index contributed by atoms with van der Waals surface area (Å²) in [5.74, 6) is 1.74. The third-order valence-corrected chi connectivity index (χ3v) is 5.84. The van der Waals surface area contributed by atoms with Crippen molar-refractivity contribution in [2.24, 2.45) is 10.9 Å². The molecule has 164 valence electrons. The SMILES string of the molecule is CN=C(NCc1ccc(F)cc1CSC)NCC1CCCOC1c1ccccc1.I. The van der Waals surface area contributed by atoms with Crippen LogP contribution >= 0.6 is 35.7 Å². The molecule has 2 aromatic carbocycles. The topological polar surface area (TPSA) is 45.7 Å². The van der Waals surface area contributed by atoms with Crippen LogP contribution in [0.25, 0.3) is 0 Å². The van der Waals surface area contributed by atoms with Crippen molar-refractivity contribution in [2.45, 2.75) is 31.2 Å². The molecule has 7 heteroatoms. The number of ether oxygens (including phenoxy) is 1. The predicted molar refractivity (Wildman–Crippen MR) is 135 cm³/mol. The first-order valence-corrected chi connectivity index (χ1v) is 11.5. The van der Waals surface area contributed by atoms with E-state index in [1.807, 2.05) is 18.4 Å². The highest BCUT2D eigenvalue weighted by atomic mass is 127. The predicted octanol–water partition coefficient (Wildman–Crippen LogP) is 5.14. The molecular weight excluding hydrogens is 512 g/mol. The Kier molecular flexibility index (Phi) is 11.0. The molecule has 0 saturated carbocycles. The van der Waals surface area contributed by atoms with Crippen molar-refractivity contribution in [3.8, 4) is 0 Å². The zero-order chi connectivity index (χ0) is 20.5. The molecule has 2 aromatic rings. The number of nitrogens with zero attached hydrogens (tertiary/aromatic N) is 1. The van der Waals surface area contributed by atoms with Crippen molar-refractivity contribution in [1.82, 2.24) is 10.6 Å². The van der Waals surface area contributed by atoms with Crippen LogP contribution in [-0.4, -0.2) is 32.4 Å². The summed E-state index contributed by atoms with van der Waals surface area (Å²) in [7, 11) is 1.77. The number of hydrogen-bond donors (Lipinski definition) is 2. The van der Waals surface area contributed by atoms with Crippen molar-refractivity contribution in [3.05, 3.63) is 71.0 Å². The fourth-order valence-electron chi connectivity index (χ4n) is 3.75. The summed E-state index contributed by atoms with van der Waals surface area (Å²) in [5, 5.41) is 6.82. The molecule has 2 unspecified atom stereocenters. The Morgan fingerprint density at radius 3 is 2.70 bits per heavy atom. The molecule has 0 amide bonds. The average Bonchev–Trinajstić information content (AvgIpc) is 2.76. The molecule has 1 saturated heterocycles. The van der Waals surface area contributed by atoms with Gasteiger partial charge in [0.25, 0.3) is 0 Å². The van der Waals surface area contributed by atoms with E-state index < -0.39 is 0 Å². The standard InChI is InChI=1S/C23H30FN3OS.HI/c1-25-23(26-14-18-10-11-21(24)13-20(18)16-29-2)27-15-19-9-6-12-28-22(19)17-7-4-3-5-8-17;/h3-5,7-8,10-11,13,19,22H,6,9,12,14-16H2,1-2H3,(H2,25,26,27);1H. The van der Waals surface area contributed by atoms with E-state index in [2.05, 4.69) is 39.9 Å². The van der Waals surface area contributed by atoms with Gasteiger partial charge in [0.2, 0.25) is 0 Å². The summed E-state index contributed by atoms with van der Waals surface area (Å²) in [6.07, 6.45) is 4.34. The van der Waals surface area contributed by atoms with Gasteiger partial charge in [-0.3, -0.25) is 4.99 Å². The number of thioether (sulfide) groups is 1. The van der Waals surface area contributed by atoms with Gasteiger partial charge < -0.3 is 15.4 Å². The van der Waals surface area contributed by atoms with Gasteiger partial charge in [0.05, 0.1) is 6.10 Å². The normalized spacial score (nSPS) is 19.1. The zero-order valence-corrected chi connectivity index (χ0v) is 20.7. The van der Waals surface area contributed by atoms with Crippen LogP contribution in [0.4, 0.5) is 4.39 Å². The summed E-state index contributed by atoms with van der Waals surface area (Å²) in [4.78, 5) is 4.35. The van der Waals surface area contributed by atoms with Gasteiger partial charge in [-0.05, 0) is 47.9 Å². The monoisotopic (exact) mass is 543 g/mol. The van der Waals surface area contributed by atoms with Crippen LogP contribution in [0.2, 0.25) is 0 Å². The molecule has 1 fully saturated rings. The van der Waals surface area contributed by atoms with E-state index in [0.717, 1.165) is 48.8 Å². The number of guanidine groups is 1. The van der Waals surface area contributed by atoms with Crippen molar-refractivity contribution in [1.29, 1.82) is 0 Å². The van der Waals surface area contributed by atoms with Gasteiger partial charge in [0.1, 0.15) is 5.82 Å². The maximum Gasteiger partial charge on any atom is 0.191 e. The van der Waals surface area contributed by atoms with Crippen LogP contribution in [0, 0.1) is 11.7 Å². The molecule has 1 aliphatic heterocycles. The highest BCUT2D eigenvalue weighted by Crippen LogP contribution is 2.33. The molecule has 0 spiro atoms. The molecule has 4 nitrogen and oxygen atoms in total. The number of benzene rings is 2. The summed E-state index contributed by atoms with van der Waals surface area (Å²) in [5.41, 5.74) is 3.34. The van der Waals surface area contributed by atoms with Crippen LogP contribution in [-0.2, 0) is 17.0 Å². The van der Waals surface area contributed by atoms with Crippen molar-refractivity contribution in [3.63, 3.8) is 0 Å². The maximum absolute atomic E-state index is 13.6. The van der Waals surface area contributed by atoms with Crippen LogP contribution in [0.1, 0.15) is 35.6 Å². The molecule has 3 rings (SSSR count). The molecule has 0 aromatic heterocycles. The first-order valence-electron chi connectivity index (χ1n) is 10.1. The fourth-order valence-corrected chi connectivity index (χ4v) is 4.33. The largest absolute Gasteiger partial charge is 0.373 e. The van der Waals surface area contributed by atoms with Gasteiger partial charge >= 0.3 is 0 Å². The smallest absolute Gasteiger partial charge is 0.191 e. The first-order chi connectivity index (χ1) is 14.2. The van der Waals surface area contributed by atoms with Crippen LogP contribution < -0.4 is 10.6 Å². The number of hydrogen-bond acceptors (Lipinski definition) is 3. The molecule has 0 radical (unpaired) electrons. The van der Waals surface area contributed by atoms with E-state index in [9.17, 15) is 4.39 Å². The number of aliphatic imine (C=N–C) groups is 1. The molecule has 1 aliphatic rings. The summed E-state index contributed by atoms with van der Waals surface area (Å²) < 4.78 is 19.6. The van der Waals surface area contributed by atoms with Gasteiger partial charge in [-0.2, -0.15) is 11.8 Å². The summed E-state index contributed by atoms with van der Waals surface area (Å²) in [6, 6.07) is 15.4. The van der Waals surface area contributed by atoms with E-state index >= 15 is 0 Å². The fraction of sp³-hybridized carbons (Fsp3) is 0.435. The Hall–Kier alpha value is -1.32. The highest BCUT2D eigenvalue weighted by molar-refractivity contribution is 14.0. The lowest BCUT2D eigenvalue weighted by molar-refractivity contribution is -0.0265. The van der Waals surface area contributed by atoms with Crippen molar-refractivity contribution < 1.29 is 9.13 Å². The van der Waals surface area contributed by atoms with E-state index in [0.29, 0.717) is 12.5 Å². The Balaban J connectivity index is 0.00000320. The number of nitrogens with one attached hydrogen (secondary N) is 2. The lowest BCUT2D eigenvalue weighted by atomic mass is 9.89. The van der Waals surface area contributed by atoms with Crippen LogP contribution in [0.5, 0.6) is 0 Å². The van der Waals surface area contributed by atoms with Gasteiger partial charge in [-0.15, -0.1) is 24.0 Å². The lowest BCUT2D eigenvalue weighted by Crippen LogP contribution is -2.41. The average molecular weight is 543 g/mol. The van der Waals surface area contributed by atoms with Gasteiger partial charge in [0.15, 0.2) is 5.96 Å². The first kappa shape index (κ1) is 24.9. The second kappa shape index (κ2) is 13.2. The Morgan fingerprint density at radius 1 is 1.17 bits per heavy atom. The molecule has 1 heterocycles. The van der Waals surface area contributed by atoms with Gasteiger partial charge in [-0.1, -0.05) is 36.4 Å². The molecule has 0 aliphatic carbocycles. The second-order valence-corrected chi connectivity index (χ2v) is 8.12. The van der Waals surface area contributed by atoms with E-state index in [1.54, 1.807) is 24.9 Å². The second-order valence-electron chi connectivity index (χ2n) is 7.26. The minimum Gasteiger partial charge on any atom is -0.373 e. The van der Waals surface area contributed by atoms with E-state index in [-0.39, 0.29) is 35.9 Å². The van der Waals surface area contributed by atoms with Gasteiger partial charge in [0, 0.05) is 38.4 Å². The van der Waals surface area contributed by atoms with Crippen molar-refractivity contribution in [2.75, 3.05) is 26.5 Å². The highest BCUT2D eigenvalue weighted by Gasteiger charge is 2.27. The third-order valence-electron chi connectivity index (χ3n) is 5.24. The molecule has 0 bridgehead atoms. The number of halogens is 2. The number of rotatable bonds is 7. The minimum atomic E-state index is -0.190. The minimum absolute atomic E-state index is 0. The maximum atomic E-state index is 13.6. The summed E-state index contributed by atoms with van der Waals surface area (Å²) >= 11 is 1.69. The van der Waals surface area contributed by atoms with Crippen LogP contribution in [0.3, 0.4) is 0 Å².